The van der Waals surface area contributed by atoms with Gasteiger partial charge in [-0.15, -0.1) is 0 Å². The number of unbranched alkanes of at least 4 members (excludes halogenated alkanes) is 2. The van der Waals surface area contributed by atoms with E-state index in [9.17, 15) is 15.0 Å². The van der Waals surface area contributed by atoms with Crippen LogP contribution in [0.3, 0.4) is 0 Å². The number of hydrogen-bond donors (Lipinski definition) is 4. The maximum atomic E-state index is 11.8. The molecule has 7 nitrogen and oxygen atoms in total. The van der Waals surface area contributed by atoms with Crippen LogP contribution >= 0.6 is 0 Å². The molecular weight excluding hydrogens is 266 g/mol. The Morgan fingerprint density at radius 1 is 1.30 bits per heavy atom. The predicted octanol–water partition coefficient (Wildman–Crippen LogP) is -0.863. The predicted molar refractivity (Wildman–Crippen MR) is 70.8 cm³/mol. The van der Waals surface area contributed by atoms with Crippen LogP contribution in [0.4, 0.5) is 0 Å². The van der Waals surface area contributed by atoms with Gasteiger partial charge < -0.3 is 30.1 Å². The molecule has 0 saturated carbocycles. The number of hydrogen-bond acceptors (Lipinski definition) is 6. The van der Waals surface area contributed by atoms with E-state index in [2.05, 4.69) is 5.32 Å². The number of nitrogens with one attached hydrogen (secondary N) is 1. The summed E-state index contributed by atoms with van der Waals surface area (Å²) in [5, 5.41) is 31.5. The minimum absolute atomic E-state index is 0.220. The zero-order valence-corrected chi connectivity index (χ0v) is 12.0. The maximum absolute atomic E-state index is 11.8. The third-order valence-electron chi connectivity index (χ3n) is 3.45. The molecule has 0 aromatic heterocycles. The van der Waals surface area contributed by atoms with Gasteiger partial charge in [0, 0.05) is 13.5 Å². The van der Waals surface area contributed by atoms with Crippen molar-refractivity contribution in [3.05, 3.63) is 0 Å². The minimum atomic E-state index is -1.27. The van der Waals surface area contributed by atoms with Crippen molar-refractivity contribution in [3.63, 3.8) is 0 Å². The Kier molecular flexibility index (Phi) is 7.39. The average Bonchev–Trinajstić information content (AvgIpc) is 2.44. The first kappa shape index (κ1) is 17.3. The van der Waals surface area contributed by atoms with Crippen LogP contribution in [0.25, 0.3) is 0 Å². The molecule has 0 aromatic carbocycles. The van der Waals surface area contributed by atoms with E-state index < -0.39 is 37.3 Å². The van der Waals surface area contributed by atoms with E-state index >= 15 is 0 Å². The summed E-state index contributed by atoms with van der Waals surface area (Å²) in [6.45, 7) is 1.61. The molecule has 1 aliphatic rings. The van der Waals surface area contributed by atoms with E-state index in [0.717, 1.165) is 19.3 Å². The van der Waals surface area contributed by atoms with Crippen LogP contribution in [-0.4, -0.2) is 65.6 Å². The van der Waals surface area contributed by atoms with Crippen LogP contribution in [0.2, 0.25) is 0 Å². The Labute approximate surface area is 118 Å². The van der Waals surface area contributed by atoms with Gasteiger partial charge in [-0.25, -0.2) is 0 Å². The summed E-state index contributed by atoms with van der Waals surface area (Å²) >= 11 is 0. The molecule has 1 heterocycles. The lowest BCUT2D eigenvalue weighted by Crippen LogP contribution is -2.64. The van der Waals surface area contributed by atoms with Crippen LogP contribution < -0.4 is 5.32 Å². The molecule has 1 fully saturated rings. The summed E-state index contributed by atoms with van der Waals surface area (Å²) < 4.78 is 10.4. The van der Waals surface area contributed by atoms with Crippen LogP contribution in [0.15, 0.2) is 0 Å². The second-order valence-electron chi connectivity index (χ2n) is 4.99. The summed E-state index contributed by atoms with van der Waals surface area (Å²) in [6.07, 6.45) is -1.25. The Balaban J connectivity index is 2.59. The van der Waals surface area contributed by atoms with Crippen molar-refractivity contribution < 1.29 is 29.6 Å². The largest absolute Gasteiger partial charge is 0.394 e. The van der Waals surface area contributed by atoms with Gasteiger partial charge in [-0.2, -0.15) is 0 Å². The van der Waals surface area contributed by atoms with Crippen LogP contribution in [0.5, 0.6) is 0 Å². The average molecular weight is 291 g/mol. The number of carbonyl (C=O) groups excluding carboxylic acids is 1. The summed E-state index contributed by atoms with van der Waals surface area (Å²) in [7, 11) is 1.37. The van der Waals surface area contributed by atoms with Gasteiger partial charge in [0.25, 0.3) is 0 Å². The van der Waals surface area contributed by atoms with Crippen molar-refractivity contribution in [2.75, 3.05) is 13.7 Å². The zero-order chi connectivity index (χ0) is 15.1. The van der Waals surface area contributed by atoms with E-state index in [4.69, 9.17) is 14.6 Å². The van der Waals surface area contributed by atoms with Crippen molar-refractivity contribution in [2.45, 2.75) is 63.3 Å². The molecular formula is C13H25NO6. The van der Waals surface area contributed by atoms with Crippen molar-refractivity contribution in [1.82, 2.24) is 5.32 Å². The Hall–Kier alpha value is -0.730. The Bertz CT molecular complexity index is 299. The van der Waals surface area contributed by atoms with Gasteiger partial charge in [-0.05, 0) is 6.42 Å². The van der Waals surface area contributed by atoms with Crippen molar-refractivity contribution >= 4 is 5.91 Å². The molecule has 0 bridgehead atoms. The van der Waals surface area contributed by atoms with Gasteiger partial charge in [0.15, 0.2) is 6.29 Å². The lowest BCUT2D eigenvalue weighted by atomic mass is 9.97. The topological polar surface area (TPSA) is 108 Å². The highest BCUT2D eigenvalue weighted by molar-refractivity contribution is 5.76. The Morgan fingerprint density at radius 3 is 2.55 bits per heavy atom. The number of rotatable bonds is 7. The fourth-order valence-electron chi connectivity index (χ4n) is 2.23. The van der Waals surface area contributed by atoms with Crippen LogP contribution in [0, 0.1) is 0 Å². The number of aliphatic hydroxyl groups excluding tert-OH is 3. The number of aliphatic hydroxyl groups is 3. The molecule has 1 saturated heterocycles. The van der Waals surface area contributed by atoms with E-state index in [1.54, 1.807) is 0 Å². The molecule has 118 valence electrons. The molecule has 0 spiro atoms. The third kappa shape index (κ3) is 4.39. The SMILES string of the molecule is CCCCCC(=O)N[C@H]1[C@H](OC)O[C@H](CO)[C@@H](O)[C@@H]1O. The van der Waals surface area contributed by atoms with E-state index in [-0.39, 0.29) is 5.91 Å². The van der Waals surface area contributed by atoms with E-state index in [0.29, 0.717) is 6.42 Å². The van der Waals surface area contributed by atoms with Gasteiger partial charge in [0.05, 0.1) is 6.61 Å². The van der Waals surface area contributed by atoms with Gasteiger partial charge in [0.1, 0.15) is 24.4 Å². The number of methoxy groups -OCH3 is 1. The molecule has 0 aliphatic carbocycles. The van der Waals surface area contributed by atoms with Gasteiger partial charge in [-0.1, -0.05) is 19.8 Å². The Morgan fingerprint density at radius 2 is 2.00 bits per heavy atom. The first-order valence-corrected chi connectivity index (χ1v) is 6.99. The molecule has 0 unspecified atom stereocenters. The van der Waals surface area contributed by atoms with Crippen LogP contribution in [-0.2, 0) is 14.3 Å². The summed E-state index contributed by atoms with van der Waals surface area (Å²) in [5.74, 6) is -0.220. The zero-order valence-electron chi connectivity index (χ0n) is 12.0. The quantitative estimate of drug-likeness (QED) is 0.454. The minimum Gasteiger partial charge on any atom is -0.394 e. The molecule has 0 radical (unpaired) electrons. The molecule has 7 heteroatoms. The second kappa shape index (κ2) is 8.53. The first-order chi connectivity index (χ1) is 9.54. The highest BCUT2D eigenvalue weighted by Crippen LogP contribution is 2.21. The fraction of sp³-hybridized carbons (Fsp3) is 0.923. The number of amides is 1. The van der Waals surface area contributed by atoms with Crippen molar-refractivity contribution in [3.8, 4) is 0 Å². The highest BCUT2D eigenvalue weighted by atomic mass is 16.7. The lowest BCUT2D eigenvalue weighted by molar-refractivity contribution is -0.262. The van der Waals surface area contributed by atoms with Gasteiger partial charge in [-0.3, -0.25) is 4.79 Å². The van der Waals surface area contributed by atoms with Crippen molar-refractivity contribution in [1.29, 1.82) is 0 Å². The second-order valence-corrected chi connectivity index (χ2v) is 4.99. The normalized spacial score (nSPS) is 34.0. The highest BCUT2D eigenvalue weighted by Gasteiger charge is 2.45. The summed E-state index contributed by atoms with van der Waals surface area (Å²) in [4.78, 5) is 11.8. The molecule has 1 rings (SSSR count). The number of carbonyl (C=O) groups is 1. The summed E-state index contributed by atoms with van der Waals surface area (Å²) in [5.41, 5.74) is 0. The lowest BCUT2D eigenvalue weighted by Gasteiger charge is -2.41. The molecule has 1 amide bonds. The van der Waals surface area contributed by atoms with Crippen molar-refractivity contribution in [2.24, 2.45) is 0 Å². The molecule has 0 aromatic rings. The maximum Gasteiger partial charge on any atom is 0.220 e. The standard InChI is InChI=1S/C13H25NO6/c1-3-4-5-6-9(16)14-10-12(18)11(17)8(7-15)20-13(10)19-2/h8,10-13,15,17-18H,3-7H2,1-2H3,(H,14,16)/t8-,10-,11-,12-,13-/m1/s1. The smallest absolute Gasteiger partial charge is 0.220 e. The first-order valence-electron chi connectivity index (χ1n) is 6.99. The van der Waals surface area contributed by atoms with Gasteiger partial charge >= 0.3 is 0 Å². The molecule has 20 heavy (non-hydrogen) atoms. The summed E-state index contributed by atoms with van der Waals surface area (Å²) in [6, 6.07) is -0.855. The number of ether oxygens (including phenoxy) is 2. The monoisotopic (exact) mass is 291 g/mol. The third-order valence-corrected chi connectivity index (χ3v) is 3.45. The molecule has 4 N–H and O–H groups in total. The van der Waals surface area contributed by atoms with E-state index in [1.165, 1.54) is 7.11 Å². The molecule has 5 atom stereocenters. The fourth-order valence-corrected chi connectivity index (χ4v) is 2.23. The van der Waals surface area contributed by atoms with Gasteiger partial charge in [0.2, 0.25) is 5.91 Å². The molecule has 1 aliphatic heterocycles. The van der Waals surface area contributed by atoms with Crippen LogP contribution in [0.1, 0.15) is 32.6 Å². The van der Waals surface area contributed by atoms with E-state index in [1.807, 2.05) is 6.92 Å².